The Morgan fingerprint density at radius 1 is 1.16 bits per heavy atom. The van der Waals surface area contributed by atoms with Crippen LogP contribution in [-0.2, 0) is 4.74 Å². The highest BCUT2D eigenvalue weighted by Gasteiger charge is 2.45. The minimum absolute atomic E-state index is 0.0486. The maximum absolute atomic E-state index is 13.9. The average Bonchev–Trinajstić information content (AvgIpc) is 3.29. The fourth-order valence-electron chi connectivity index (χ4n) is 2.96. The molecule has 0 aliphatic heterocycles. The van der Waals surface area contributed by atoms with Crippen molar-refractivity contribution in [3.63, 3.8) is 0 Å². The van der Waals surface area contributed by atoms with Crippen LogP contribution in [0, 0.1) is 5.82 Å². The van der Waals surface area contributed by atoms with Crippen molar-refractivity contribution in [2.45, 2.75) is 18.3 Å². The molecule has 0 amide bonds. The summed E-state index contributed by atoms with van der Waals surface area (Å²) in [6.45, 7) is 0. The number of rotatable bonds is 4. The summed E-state index contributed by atoms with van der Waals surface area (Å²) in [6, 6.07) is 13.5. The number of nitrogens with zero attached hydrogens (tertiary/aromatic N) is 2. The van der Waals surface area contributed by atoms with Crippen molar-refractivity contribution in [1.82, 2.24) is 10.1 Å². The third-order valence-corrected chi connectivity index (χ3v) is 4.42. The lowest BCUT2D eigenvalue weighted by atomic mass is 10.1. The van der Waals surface area contributed by atoms with Gasteiger partial charge in [-0.3, -0.25) is 0 Å². The Hall–Kier alpha value is -3.02. The Labute approximate surface area is 143 Å². The monoisotopic (exact) mass is 338 g/mol. The predicted octanol–water partition coefficient (Wildman–Crippen LogP) is 3.93. The first-order valence-electron chi connectivity index (χ1n) is 7.94. The van der Waals surface area contributed by atoms with E-state index < -0.39 is 5.97 Å². The standard InChI is InChI=1S/C19H15FN2O3/c1-24-19(23)12-8-6-11(7-9-12)17-21-18(25-22-17)15-10-14(15)13-4-2-3-5-16(13)20/h2-9,14-15H,10H2,1H3. The minimum atomic E-state index is -0.397. The molecule has 2 aromatic carbocycles. The summed E-state index contributed by atoms with van der Waals surface area (Å²) in [5.74, 6) is 0.494. The van der Waals surface area contributed by atoms with Gasteiger partial charge in [0.2, 0.25) is 11.7 Å². The van der Waals surface area contributed by atoms with E-state index >= 15 is 0 Å². The maximum atomic E-state index is 13.9. The molecule has 1 fully saturated rings. The summed E-state index contributed by atoms with van der Waals surface area (Å²) in [6.07, 6.45) is 0.795. The van der Waals surface area contributed by atoms with Gasteiger partial charge in [-0.2, -0.15) is 4.98 Å². The van der Waals surface area contributed by atoms with Gasteiger partial charge in [0, 0.05) is 11.5 Å². The summed E-state index contributed by atoms with van der Waals surface area (Å²) in [5.41, 5.74) is 1.89. The molecule has 1 heterocycles. The van der Waals surface area contributed by atoms with Crippen LogP contribution in [0.2, 0.25) is 0 Å². The molecule has 5 nitrogen and oxygen atoms in total. The normalized spacial score (nSPS) is 18.8. The molecule has 25 heavy (non-hydrogen) atoms. The van der Waals surface area contributed by atoms with Crippen molar-refractivity contribution in [3.8, 4) is 11.4 Å². The van der Waals surface area contributed by atoms with Crippen molar-refractivity contribution >= 4 is 5.97 Å². The van der Waals surface area contributed by atoms with Crippen molar-refractivity contribution in [2.24, 2.45) is 0 Å². The highest BCUT2D eigenvalue weighted by Crippen LogP contribution is 2.54. The summed E-state index contributed by atoms with van der Waals surface area (Å²) in [7, 11) is 1.34. The molecule has 0 N–H and O–H groups in total. The number of hydrogen-bond donors (Lipinski definition) is 0. The Morgan fingerprint density at radius 3 is 2.64 bits per heavy atom. The zero-order valence-electron chi connectivity index (χ0n) is 13.5. The molecular formula is C19H15FN2O3. The molecule has 0 radical (unpaired) electrons. The molecule has 1 aliphatic carbocycles. The molecule has 2 atom stereocenters. The third-order valence-electron chi connectivity index (χ3n) is 4.42. The topological polar surface area (TPSA) is 65.2 Å². The Kier molecular flexibility index (Phi) is 3.80. The van der Waals surface area contributed by atoms with Crippen molar-refractivity contribution < 1.29 is 18.4 Å². The van der Waals surface area contributed by atoms with Crippen LogP contribution in [0.4, 0.5) is 4.39 Å². The highest BCUT2D eigenvalue weighted by atomic mass is 19.1. The van der Waals surface area contributed by atoms with E-state index in [-0.39, 0.29) is 17.7 Å². The van der Waals surface area contributed by atoms with E-state index in [4.69, 9.17) is 4.52 Å². The molecular weight excluding hydrogens is 323 g/mol. The quantitative estimate of drug-likeness (QED) is 0.674. The van der Waals surface area contributed by atoms with Gasteiger partial charge in [-0.1, -0.05) is 35.5 Å². The van der Waals surface area contributed by atoms with E-state index in [1.165, 1.54) is 13.2 Å². The fourth-order valence-corrected chi connectivity index (χ4v) is 2.96. The first-order valence-corrected chi connectivity index (χ1v) is 7.94. The van der Waals surface area contributed by atoms with Gasteiger partial charge < -0.3 is 9.26 Å². The largest absolute Gasteiger partial charge is 0.465 e. The molecule has 1 saturated carbocycles. The van der Waals surface area contributed by atoms with Crippen LogP contribution in [0.15, 0.2) is 53.1 Å². The van der Waals surface area contributed by atoms with Crippen molar-refractivity contribution in [2.75, 3.05) is 7.11 Å². The SMILES string of the molecule is COC(=O)c1ccc(-c2noc(C3CC3c3ccccc3F)n2)cc1. The average molecular weight is 338 g/mol. The van der Waals surface area contributed by atoms with Crippen molar-refractivity contribution in [1.29, 1.82) is 0 Å². The third kappa shape index (κ3) is 2.91. The van der Waals surface area contributed by atoms with E-state index in [1.54, 1.807) is 36.4 Å². The summed E-state index contributed by atoms with van der Waals surface area (Å²) >= 11 is 0. The molecule has 6 heteroatoms. The van der Waals surface area contributed by atoms with Crippen LogP contribution in [0.25, 0.3) is 11.4 Å². The van der Waals surface area contributed by atoms with Crippen LogP contribution in [-0.4, -0.2) is 23.2 Å². The van der Waals surface area contributed by atoms with E-state index in [0.717, 1.165) is 12.0 Å². The van der Waals surface area contributed by atoms with E-state index in [9.17, 15) is 9.18 Å². The molecule has 0 spiro atoms. The zero-order chi connectivity index (χ0) is 17.4. The smallest absolute Gasteiger partial charge is 0.337 e. The van der Waals surface area contributed by atoms with Crippen LogP contribution >= 0.6 is 0 Å². The highest BCUT2D eigenvalue weighted by molar-refractivity contribution is 5.89. The molecule has 0 saturated heterocycles. The van der Waals surface area contributed by atoms with Gasteiger partial charge >= 0.3 is 5.97 Å². The maximum Gasteiger partial charge on any atom is 0.337 e. The second-order valence-electron chi connectivity index (χ2n) is 6.00. The van der Waals surface area contributed by atoms with Gasteiger partial charge in [0.15, 0.2) is 0 Å². The Morgan fingerprint density at radius 2 is 1.92 bits per heavy atom. The molecule has 1 aliphatic rings. The van der Waals surface area contributed by atoms with Crippen molar-refractivity contribution in [3.05, 3.63) is 71.4 Å². The Bertz CT molecular complexity index is 920. The summed E-state index contributed by atoms with van der Waals surface area (Å²) < 4.78 is 23.9. The number of esters is 1. The first kappa shape index (κ1) is 15.5. The fraction of sp³-hybridized carbons (Fsp3) is 0.211. The number of carbonyl (C=O) groups excluding carboxylic acids is 1. The van der Waals surface area contributed by atoms with Crippen LogP contribution in [0.3, 0.4) is 0 Å². The number of carbonyl (C=O) groups is 1. The number of benzene rings is 2. The molecule has 3 aromatic rings. The lowest BCUT2D eigenvalue weighted by molar-refractivity contribution is 0.0601. The summed E-state index contributed by atoms with van der Waals surface area (Å²) in [4.78, 5) is 15.9. The molecule has 0 bridgehead atoms. The van der Waals surface area contributed by atoms with Crippen LogP contribution in [0.1, 0.15) is 40.1 Å². The molecule has 126 valence electrons. The van der Waals surface area contributed by atoms with Gasteiger partial charge in [0.1, 0.15) is 5.82 Å². The number of aromatic nitrogens is 2. The Balaban J connectivity index is 1.52. The van der Waals surface area contributed by atoms with Gasteiger partial charge in [-0.25, -0.2) is 9.18 Å². The molecule has 4 rings (SSSR count). The van der Waals surface area contributed by atoms with Crippen LogP contribution < -0.4 is 0 Å². The second-order valence-corrected chi connectivity index (χ2v) is 6.00. The summed E-state index contributed by atoms with van der Waals surface area (Å²) in [5, 5.41) is 4.00. The number of ether oxygens (including phenoxy) is 1. The number of hydrogen-bond acceptors (Lipinski definition) is 5. The number of methoxy groups -OCH3 is 1. The first-order chi connectivity index (χ1) is 12.2. The zero-order valence-corrected chi connectivity index (χ0v) is 13.5. The lowest BCUT2D eigenvalue weighted by Crippen LogP contribution is -2.00. The molecule has 1 aromatic heterocycles. The van der Waals surface area contributed by atoms with Gasteiger partial charge in [0.25, 0.3) is 0 Å². The van der Waals surface area contributed by atoms with Gasteiger partial charge in [0.05, 0.1) is 12.7 Å². The molecule has 2 unspecified atom stereocenters. The van der Waals surface area contributed by atoms with E-state index in [1.807, 2.05) is 6.07 Å². The van der Waals surface area contributed by atoms with E-state index in [2.05, 4.69) is 14.9 Å². The van der Waals surface area contributed by atoms with Gasteiger partial charge in [-0.15, -0.1) is 0 Å². The minimum Gasteiger partial charge on any atom is -0.465 e. The number of halogens is 1. The van der Waals surface area contributed by atoms with Crippen LogP contribution in [0.5, 0.6) is 0 Å². The van der Waals surface area contributed by atoms with E-state index in [0.29, 0.717) is 22.8 Å². The lowest BCUT2D eigenvalue weighted by Gasteiger charge is -2.00. The predicted molar refractivity (Wildman–Crippen MR) is 87.6 cm³/mol. The second kappa shape index (κ2) is 6.12. The van der Waals surface area contributed by atoms with Gasteiger partial charge in [-0.05, 0) is 36.1 Å².